The van der Waals surface area contributed by atoms with Crippen LogP contribution in [0.3, 0.4) is 0 Å². The molecule has 0 bridgehead atoms. The van der Waals surface area contributed by atoms with Crippen molar-refractivity contribution in [2.75, 3.05) is 40.9 Å². The summed E-state index contributed by atoms with van der Waals surface area (Å²) in [5, 5.41) is 13.6. The minimum atomic E-state index is -4.57. The van der Waals surface area contributed by atoms with Crippen molar-refractivity contribution in [1.82, 2.24) is 5.32 Å². The molecule has 0 rings (SSSR count). The number of quaternary nitrogens is 1. The molecule has 0 aromatic rings. The number of aliphatic hydroxyl groups is 1. The van der Waals surface area contributed by atoms with Crippen LogP contribution in [0, 0.1) is 0 Å². The quantitative estimate of drug-likeness (QED) is 0.0277. The summed E-state index contributed by atoms with van der Waals surface area (Å²) in [6.07, 6.45) is 45.0. The van der Waals surface area contributed by atoms with Gasteiger partial charge in [0, 0.05) is 6.42 Å². The lowest BCUT2D eigenvalue weighted by molar-refractivity contribution is -0.870. The van der Waals surface area contributed by atoms with Gasteiger partial charge in [-0.25, -0.2) is 0 Å². The molecule has 0 spiro atoms. The lowest BCUT2D eigenvalue weighted by Gasteiger charge is -2.29. The van der Waals surface area contributed by atoms with Crippen LogP contribution in [-0.2, 0) is 18.4 Å². The van der Waals surface area contributed by atoms with Crippen LogP contribution in [0.4, 0.5) is 0 Å². The third-order valence-corrected chi connectivity index (χ3v) is 10.8. The number of phosphoric acid groups is 1. The number of carbonyl (C=O) groups excluding carboxylic acids is 1. The van der Waals surface area contributed by atoms with E-state index in [0.717, 1.165) is 44.9 Å². The lowest BCUT2D eigenvalue weighted by atomic mass is 10.0. The van der Waals surface area contributed by atoms with E-state index in [1.807, 2.05) is 27.2 Å². The van der Waals surface area contributed by atoms with Crippen LogP contribution in [0.1, 0.15) is 194 Å². The van der Waals surface area contributed by atoms with Gasteiger partial charge >= 0.3 is 0 Å². The number of aliphatic hydroxyl groups excluding tert-OH is 1. The minimum absolute atomic E-state index is 0.00162. The largest absolute Gasteiger partial charge is 0.756 e. The highest BCUT2D eigenvalue weighted by Crippen LogP contribution is 2.38. The Labute approximate surface area is 334 Å². The second kappa shape index (κ2) is 37.3. The Morgan fingerprint density at radius 1 is 0.648 bits per heavy atom. The van der Waals surface area contributed by atoms with E-state index in [9.17, 15) is 19.4 Å². The third-order valence-electron chi connectivity index (χ3n) is 9.84. The molecular weight excluding hydrogens is 695 g/mol. The SMILES string of the molecule is CCCCCCC/C=C\C/C=C\CCCCCCCCCCCCCCCC(=O)NC(COP(=O)([O-])OCC[N+](C)(C)C)C(O)/C=C/CCCCCCC. The average molecular weight is 783 g/mol. The first-order valence-electron chi connectivity index (χ1n) is 22.4. The van der Waals surface area contributed by atoms with Gasteiger partial charge in [0.2, 0.25) is 5.91 Å². The van der Waals surface area contributed by atoms with Crippen molar-refractivity contribution < 1.29 is 32.9 Å². The Morgan fingerprint density at radius 2 is 1.07 bits per heavy atom. The van der Waals surface area contributed by atoms with Crippen LogP contribution in [0.2, 0.25) is 0 Å². The molecule has 0 aromatic heterocycles. The maximum atomic E-state index is 12.8. The molecule has 0 aliphatic carbocycles. The van der Waals surface area contributed by atoms with Crippen molar-refractivity contribution in [3.8, 4) is 0 Å². The van der Waals surface area contributed by atoms with Gasteiger partial charge in [0.05, 0.1) is 39.9 Å². The number of likely N-dealkylation sites (N-methyl/N-ethyl adjacent to an activating group) is 1. The van der Waals surface area contributed by atoms with E-state index in [0.29, 0.717) is 17.4 Å². The normalized spacial score (nSPS) is 14.7. The zero-order valence-corrected chi connectivity index (χ0v) is 36.8. The molecule has 318 valence electrons. The predicted octanol–water partition coefficient (Wildman–Crippen LogP) is 11.7. The van der Waals surface area contributed by atoms with E-state index in [2.05, 4.69) is 43.5 Å². The van der Waals surface area contributed by atoms with Gasteiger partial charge in [0.25, 0.3) is 7.82 Å². The summed E-state index contributed by atoms with van der Waals surface area (Å²) in [7, 11) is 1.26. The predicted molar refractivity (Wildman–Crippen MR) is 228 cm³/mol. The van der Waals surface area contributed by atoms with Gasteiger partial charge in [0.15, 0.2) is 0 Å². The molecule has 0 saturated carbocycles. The highest BCUT2D eigenvalue weighted by atomic mass is 31.2. The minimum Gasteiger partial charge on any atom is -0.756 e. The molecular formula is C45H87N2O6P. The monoisotopic (exact) mass is 783 g/mol. The molecule has 0 aromatic carbocycles. The summed E-state index contributed by atoms with van der Waals surface area (Å²) in [4.78, 5) is 25.2. The first-order chi connectivity index (χ1) is 26.0. The molecule has 0 saturated heterocycles. The smallest absolute Gasteiger partial charge is 0.268 e. The number of nitrogens with one attached hydrogen (secondary N) is 1. The molecule has 9 heteroatoms. The first-order valence-corrected chi connectivity index (χ1v) is 23.8. The van der Waals surface area contributed by atoms with Gasteiger partial charge in [-0.2, -0.15) is 0 Å². The maximum absolute atomic E-state index is 12.8. The molecule has 3 atom stereocenters. The molecule has 1 amide bonds. The van der Waals surface area contributed by atoms with Gasteiger partial charge in [-0.05, 0) is 51.4 Å². The third kappa shape index (κ3) is 39.0. The number of carbonyl (C=O) groups is 1. The molecule has 0 radical (unpaired) electrons. The number of phosphoric ester groups is 1. The summed E-state index contributed by atoms with van der Waals surface area (Å²) in [5.41, 5.74) is 0. The van der Waals surface area contributed by atoms with Gasteiger partial charge in [-0.15, -0.1) is 0 Å². The number of unbranched alkanes of at least 4 members (excludes halogenated alkanes) is 23. The Balaban J connectivity index is 4.09. The first kappa shape index (κ1) is 52.7. The molecule has 0 fully saturated rings. The van der Waals surface area contributed by atoms with Crippen LogP contribution in [0.5, 0.6) is 0 Å². The zero-order valence-electron chi connectivity index (χ0n) is 35.9. The summed E-state index contributed by atoms with van der Waals surface area (Å²) >= 11 is 0. The molecule has 2 N–H and O–H groups in total. The van der Waals surface area contributed by atoms with Crippen molar-refractivity contribution in [2.24, 2.45) is 0 Å². The topological polar surface area (TPSA) is 108 Å². The van der Waals surface area contributed by atoms with Crippen LogP contribution in [0.15, 0.2) is 36.5 Å². The number of rotatable bonds is 40. The highest BCUT2D eigenvalue weighted by Gasteiger charge is 2.23. The zero-order chi connectivity index (χ0) is 40.0. The van der Waals surface area contributed by atoms with Crippen molar-refractivity contribution in [1.29, 1.82) is 0 Å². The Bertz CT molecular complexity index is 980. The van der Waals surface area contributed by atoms with E-state index in [-0.39, 0.29) is 19.1 Å². The number of hydrogen-bond donors (Lipinski definition) is 2. The summed E-state index contributed by atoms with van der Waals surface area (Å²) < 4.78 is 23.1. The summed E-state index contributed by atoms with van der Waals surface area (Å²) in [6, 6.07) is -0.882. The van der Waals surface area contributed by atoms with Gasteiger partial charge in [0.1, 0.15) is 13.2 Å². The number of hydrogen-bond acceptors (Lipinski definition) is 6. The van der Waals surface area contributed by atoms with E-state index in [4.69, 9.17) is 9.05 Å². The Morgan fingerprint density at radius 3 is 1.54 bits per heavy atom. The van der Waals surface area contributed by atoms with Crippen LogP contribution >= 0.6 is 7.82 Å². The number of allylic oxidation sites excluding steroid dienone is 5. The molecule has 0 heterocycles. The summed E-state index contributed by atoms with van der Waals surface area (Å²) in [5.74, 6) is -0.203. The van der Waals surface area contributed by atoms with E-state index in [1.165, 1.54) is 128 Å². The van der Waals surface area contributed by atoms with E-state index >= 15 is 0 Å². The van der Waals surface area contributed by atoms with Crippen molar-refractivity contribution >= 4 is 13.7 Å². The second-order valence-corrected chi connectivity index (χ2v) is 17.8. The fourth-order valence-corrected chi connectivity index (χ4v) is 6.96. The van der Waals surface area contributed by atoms with Crippen molar-refractivity contribution in [3.63, 3.8) is 0 Å². The summed E-state index contributed by atoms with van der Waals surface area (Å²) in [6.45, 7) is 4.57. The molecule has 8 nitrogen and oxygen atoms in total. The van der Waals surface area contributed by atoms with Gasteiger partial charge in [-0.3, -0.25) is 9.36 Å². The Hall–Kier alpha value is -1.28. The Kier molecular flexibility index (Phi) is 36.4. The van der Waals surface area contributed by atoms with Gasteiger partial charge in [-0.1, -0.05) is 172 Å². The highest BCUT2D eigenvalue weighted by molar-refractivity contribution is 7.45. The van der Waals surface area contributed by atoms with Gasteiger partial charge < -0.3 is 28.8 Å². The van der Waals surface area contributed by atoms with E-state index < -0.39 is 20.0 Å². The molecule has 3 unspecified atom stereocenters. The standard InChI is InChI=1S/C45H87N2O6P/c1-6-8-10-12-14-15-16-17-18-19-20-21-22-23-24-25-26-27-28-29-30-31-33-35-37-39-45(49)46-43(44(48)38-36-34-32-13-11-9-7-2)42-53-54(50,51)52-41-40-47(3,4)5/h16-17,19-20,36,38,43-44,48H,6-15,18,21-35,37,39-42H2,1-5H3,(H-,46,49,50,51)/b17-16-,20-19-,38-36+. The average Bonchev–Trinajstić information content (AvgIpc) is 3.12. The molecule has 0 aliphatic heterocycles. The van der Waals surface area contributed by atoms with E-state index in [1.54, 1.807) is 6.08 Å². The molecule has 0 aliphatic rings. The van der Waals surface area contributed by atoms with Crippen molar-refractivity contribution in [3.05, 3.63) is 36.5 Å². The molecule has 54 heavy (non-hydrogen) atoms. The lowest BCUT2D eigenvalue weighted by Crippen LogP contribution is -2.45. The van der Waals surface area contributed by atoms with Crippen LogP contribution in [-0.4, -0.2) is 68.5 Å². The second-order valence-electron chi connectivity index (χ2n) is 16.4. The fraction of sp³-hybridized carbons (Fsp3) is 0.844. The number of nitrogens with zero attached hydrogens (tertiary/aromatic N) is 1. The fourth-order valence-electron chi connectivity index (χ4n) is 6.24. The van der Waals surface area contributed by atoms with Crippen LogP contribution in [0.25, 0.3) is 0 Å². The van der Waals surface area contributed by atoms with Crippen LogP contribution < -0.4 is 10.2 Å². The number of amides is 1. The van der Waals surface area contributed by atoms with Crippen molar-refractivity contribution in [2.45, 2.75) is 206 Å². The maximum Gasteiger partial charge on any atom is 0.268 e.